The van der Waals surface area contributed by atoms with Crippen LogP contribution in [0.15, 0.2) is 42.5 Å². The van der Waals surface area contributed by atoms with Crippen LogP contribution in [0, 0.1) is 23.5 Å². The highest BCUT2D eigenvalue weighted by molar-refractivity contribution is 8.00. The number of aliphatic hydroxyl groups excluding tert-OH is 1. The predicted octanol–water partition coefficient (Wildman–Crippen LogP) is 6.26. The van der Waals surface area contributed by atoms with Crippen molar-refractivity contribution in [3.63, 3.8) is 0 Å². The summed E-state index contributed by atoms with van der Waals surface area (Å²) in [7, 11) is 0.0371. The van der Waals surface area contributed by atoms with Gasteiger partial charge in [-0.05, 0) is 74.0 Å². The Labute approximate surface area is 308 Å². The highest BCUT2D eigenvalue weighted by atomic mass is 35.5. The number of pyridine rings is 1. The summed E-state index contributed by atoms with van der Waals surface area (Å²) >= 11 is 7.51. The fourth-order valence-corrected chi connectivity index (χ4v) is 6.19. The molecule has 2 heterocycles. The van der Waals surface area contributed by atoms with Crippen molar-refractivity contribution >= 4 is 63.5 Å². The number of urea groups is 1. The third-order valence-electron chi connectivity index (χ3n) is 7.85. The number of aromatic nitrogens is 3. The lowest BCUT2D eigenvalue weighted by atomic mass is 9.94. The molecule has 52 heavy (non-hydrogen) atoms. The van der Waals surface area contributed by atoms with Gasteiger partial charge in [-0.3, -0.25) is 13.7 Å². The summed E-state index contributed by atoms with van der Waals surface area (Å²) < 4.78 is 83.8. The summed E-state index contributed by atoms with van der Waals surface area (Å²) in [6.07, 6.45) is -1.64. The van der Waals surface area contributed by atoms with Gasteiger partial charge < -0.3 is 15.3 Å². The van der Waals surface area contributed by atoms with Gasteiger partial charge in [0, 0.05) is 54.1 Å². The zero-order valence-corrected chi connectivity index (χ0v) is 30.9. The number of nitrogens with zero attached hydrogens (tertiary/aromatic N) is 5. The van der Waals surface area contributed by atoms with Crippen LogP contribution in [0.3, 0.4) is 0 Å². The number of alkyl halides is 3. The van der Waals surface area contributed by atoms with Gasteiger partial charge in [0.05, 0.1) is 34.3 Å². The number of halogens is 6. The van der Waals surface area contributed by atoms with Crippen LogP contribution < -0.4 is 9.62 Å². The lowest BCUT2D eigenvalue weighted by molar-refractivity contribution is -0.141. The summed E-state index contributed by atoms with van der Waals surface area (Å²) in [6.45, 7) is 1.28. The molecule has 2 unspecified atom stereocenters. The number of likely N-dealkylation sites (N-methyl/N-ethyl adjacent to an activating group) is 1. The van der Waals surface area contributed by atoms with Crippen molar-refractivity contribution in [1.29, 1.82) is 0 Å². The van der Waals surface area contributed by atoms with Gasteiger partial charge in [0.2, 0.25) is 6.41 Å². The van der Waals surface area contributed by atoms with Gasteiger partial charge in [-0.2, -0.15) is 18.3 Å². The first-order valence-corrected chi connectivity index (χ1v) is 18.5. The molecule has 0 aliphatic heterocycles. The van der Waals surface area contributed by atoms with Crippen LogP contribution in [0.25, 0.3) is 22.0 Å². The van der Waals surface area contributed by atoms with Crippen molar-refractivity contribution in [3.8, 4) is 23.0 Å². The average molecular weight is 785 g/mol. The lowest BCUT2D eigenvalue weighted by Gasteiger charge is -2.24. The smallest absolute Gasteiger partial charge is 0.395 e. The molecule has 2 aromatic heterocycles. The summed E-state index contributed by atoms with van der Waals surface area (Å²) in [5, 5.41) is 16.2. The number of aliphatic hydroxyl groups is 1. The number of rotatable bonds is 12. The van der Waals surface area contributed by atoms with Gasteiger partial charge in [0.25, 0.3) is 0 Å². The van der Waals surface area contributed by atoms with Crippen LogP contribution in [0.2, 0.25) is 5.02 Å². The van der Waals surface area contributed by atoms with Crippen molar-refractivity contribution in [2.24, 2.45) is 0 Å². The van der Waals surface area contributed by atoms with E-state index in [2.05, 4.69) is 27.2 Å². The van der Waals surface area contributed by atoms with E-state index in [1.165, 1.54) is 43.8 Å². The van der Waals surface area contributed by atoms with Crippen molar-refractivity contribution in [3.05, 3.63) is 76.1 Å². The van der Waals surface area contributed by atoms with Crippen LogP contribution in [0.1, 0.15) is 36.8 Å². The largest absolute Gasteiger partial charge is 0.408 e. The molecule has 2 atom stereocenters. The number of carbonyl (C=O) groups is 2. The zero-order valence-electron chi connectivity index (χ0n) is 28.5. The maximum Gasteiger partial charge on any atom is 0.408 e. The summed E-state index contributed by atoms with van der Waals surface area (Å²) in [4.78, 5) is 31.2. The number of hydrogen-bond donors (Lipinski definition) is 2. The van der Waals surface area contributed by atoms with Gasteiger partial charge in [0.1, 0.15) is 28.6 Å². The third-order valence-corrected chi connectivity index (χ3v) is 10.4. The van der Waals surface area contributed by atoms with Gasteiger partial charge in [-0.1, -0.05) is 23.6 Å². The molecule has 0 bridgehead atoms. The number of fused-ring (bicyclic) bond motifs is 1. The van der Waals surface area contributed by atoms with Crippen LogP contribution in [0.4, 0.5) is 32.6 Å². The minimum Gasteiger partial charge on any atom is -0.395 e. The fraction of sp³-hybridized carbons (Fsp3) is 0.353. The normalized spacial score (nSPS) is 12.9. The SMILES string of the molecule is CSN(C(=O)N(C)CCO)c1nn(CC(F)(F)F)c2c(-c3ccc(C#CC(C)(C)S(C)=O)nc3C(Cc3cc(F)cc(F)c3)NC=O)ccc(Cl)c12. The number of hydrogen-bond acceptors (Lipinski definition) is 7. The maximum absolute atomic E-state index is 14.2. The molecule has 18 heteroatoms. The Balaban J connectivity index is 2.08. The van der Waals surface area contributed by atoms with Crippen LogP contribution in [-0.2, 0) is 28.6 Å². The molecule has 0 fully saturated rings. The molecule has 2 N–H and O–H groups in total. The Morgan fingerprint density at radius 1 is 1.15 bits per heavy atom. The zero-order chi connectivity index (χ0) is 38.5. The van der Waals surface area contributed by atoms with E-state index in [-0.39, 0.29) is 69.4 Å². The molecule has 10 nitrogen and oxygen atoms in total. The second-order valence-electron chi connectivity index (χ2n) is 12.0. The summed E-state index contributed by atoms with van der Waals surface area (Å²) in [5.41, 5.74) is 0.485. The van der Waals surface area contributed by atoms with Crippen molar-refractivity contribution in [1.82, 2.24) is 25.0 Å². The molecule has 0 aliphatic rings. The number of anilines is 1. The van der Waals surface area contributed by atoms with E-state index in [0.29, 0.717) is 17.2 Å². The molecule has 4 rings (SSSR count). The van der Waals surface area contributed by atoms with E-state index in [4.69, 9.17) is 11.6 Å². The predicted molar refractivity (Wildman–Crippen MR) is 192 cm³/mol. The van der Waals surface area contributed by atoms with E-state index in [1.54, 1.807) is 13.8 Å². The number of amides is 3. The molecule has 0 spiro atoms. The van der Waals surface area contributed by atoms with Gasteiger partial charge in [-0.25, -0.2) is 22.9 Å². The second-order valence-corrected chi connectivity index (χ2v) is 15.0. The Morgan fingerprint density at radius 3 is 2.38 bits per heavy atom. The van der Waals surface area contributed by atoms with Crippen molar-refractivity contribution in [2.45, 2.75) is 43.8 Å². The molecular formula is C34H34ClF5N6O4S2. The Hall–Kier alpha value is -4.24. The van der Waals surface area contributed by atoms with Crippen LogP contribution in [0.5, 0.6) is 0 Å². The lowest BCUT2D eigenvalue weighted by Crippen LogP contribution is -2.39. The summed E-state index contributed by atoms with van der Waals surface area (Å²) in [5.74, 6) is 3.81. The maximum atomic E-state index is 14.2. The second kappa shape index (κ2) is 16.6. The Morgan fingerprint density at radius 2 is 1.81 bits per heavy atom. The molecule has 3 amide bonds. The van der Waals surface area contributed by atoms with E-state index in [0.717, 1.165) is 33.3 Å². The van der Waals surface area contributed by atoms with Crippen molar-refractivity contribution in [2.75, 3.05) is 37.0 Å². The molecular weight excluding hydrogens is 751 g/mol. The standard InChI is InChI=1S/C34H34ClF5N6O4S2/c1-33(2,52(5)50)11-10-23-6-7-24(29(42-23)27(41-19-48)16-20-14-21(36)17-22(37)15-20)25-8-9-26(35)28-30(25)45(18-34(38,39)40)43-31(28)46(51-4)32(49)44(3)12-13-47/h6-9,14-15,17,19,27,47H,12-13,16,18H2,1-5H3,(H,41,48). The Kier molecular flexibility index (Phi) is 13.0. The van der Waals surface area contributed by atoms with Gasteiger partial charge in [0.15, 0.2) is 5.82 Å². The topological polar surface area (TPSA) is 121 Å². The first-order chi connectivity index (χ1) is 24.4. The first-order valence-electron chi connectivity index (χ1n) is 15.4. The van der Waals surface area contributed by atoms with E-state index in [1.807, 2.05) is 0 Å². The highest BCUT2D eigenvalue weighted by Crippen LogP contribution is 2.43. The molecule has 0 aliphatic carbocycles. The molecule has 278 valence electrons. The minimum atomic E-state index is -4.78. The van der Waals surface area contributed by atoms with Crippen molar-refractivity contribution < 1.29 is 40.9 Å². The average Bonchev–Trinajstić information content (AvgIpc) is 3.41. The first kappa shape index (κ1) is 40.5. The van der Waals surface area contributed by atoms with Crippen LogP contribution >= 0.6 is 23.5 Å². The van der Waals surface area contributed by atoms with Gasteiger partial charge in [-0.15, -0.1) is 0 Å². The number of carbonyl (C=O) groups excluding carboxylic acids is 2. The molecule has 0 radical (unpaired) electrons. The fourth-order valence-electron chi connectivity index (χ4n) is 5.17. The Bertz CT molecular complexity index is 2050. The minimum absolute atomic E-state index is 0.0161. The van der Waals surface area contributed by atoms with E-state index >= 15 is 0 Å². The van der Waals surface area contributed by atoms with Gasteiger partial charge >= 0.3 is 12.2 Å². The molecule has 0 saturated heterocycles. The third kappa shape index (κ3) is 9.40. The van der Waals surface area contributed by atoms with E-state index in [9.17, 15) is 40.9 Å². The number of benzene rings is 2. The van der Waals surface area contributed by atoms with Crippen LogP contribution in [-0.4, -0.2) is 85.1 Å². The monoisotopic (exact) mass is 784 g/mol. The highest BCUT2D eigenvalue weighted by Gasteiger charge is 2.34. The quantitative estimate of drug-likeness (QED) is 0.0754. The molecule has 2 aromatic carbocycles. The molecule has 4 aromatic rings. The molecule has 0 saturated carbocycles. The van der Waals surface area contributed by atoms with E-state index < -0.39 is 52.0 Å². The number of nitrogens with one attached hydrogen (secondary N) is 1. The summed E-state index contributed by atoms with van der Waals surface area (Å²) in [6, 6.07) is 6.84.